The van der Waals surface area contributed by atoms with E-state index in [4.69, 9.17) is 2.51 Å². The standard InChI is InChI=1S/C28H17IN2O7S/c32-30(33)23-8-2-6-21(16-23)29(22-7-3-9-24(17-22)31(34)35)38-39(36,37)26-15-13-20-11-10-18-4-1-5-19-12-14-25(26)28(20)27(18)19/h1-17H. The first-order valence-electron chi connectivity index (χ1n) is 11.5. The predicted molar refractivity (Wildman–Crippen MR) is 156 cm³/mol. The molecule has 0 amide bonds. The van der Waals surface area contributed by atoms with E-state index < -0.39 is 40.2 Å². The normalized spacial score (nSPS) is 12.3. The van der Waals surface area contributed by atoms with Crippen molar-refractivity contribution in [3.63, 3.8) is 0 Å². The Kier molecular flexibility index (Phi) is 6.13. The molecule has 0 saturated carbocycles. The molecular weight excluding hydrogens is 635 g/mol. The first-order valence-corrected chi connectivity index (χ1v) is 16.0. The van der Waals surface area contributed by atoms with Gasteiger partial charge < -0.3 is 0 Å². The maximum absolute atomic E-state index is 13.9. The van der Waals surface area contributed by atoms with Gasteiger partial charge in [-0.2, -0.15) is 0 Å². The molecule has 6 aromatic carbocycles. The van der Waals surface area contributed by atoms with E-state index in [9.17, 15) is 28.6 Å². The van der Waals surface area contributed by atoms with Crippen molar-refractivity contribution in [1.82, 2.24) is 0 Å². The van der Waals surface area contributed by atoms with Gasteiger partial charge in [0.05, 0.1) is 0 Å². The van der Waals surface area contributed by atoms with Crippen LogP contribution in [0.2, 0.25) is 0 Å². The van der Waals surface area contributed by atoms with Gasteiger partial charge in [-0.25, -0.2) is 0 Å². The number of hydrogen-bond donors (Lipinski definition) is 0. The van der Waals surface area contributed by atoms with Crippen molar-refractivity contribution in [2.24, 2.45) is 0 Å². The van der Waals surface area contributed by atoms with E-state index in [1.54, 1.807) is 24.3 Å². The first-order chi connectivity index (χ1) is 18.7. The van der Waals surface area contributed by atoms with Crippen molar-refractivity contribution in [3.05, 3.63) is 130 Å². The Bertz CT molecular complexity index is 1970. The van der Waals surface area contributed by atoms with Crippen molar-refractivity contribution in [1.29, 1.82) is 0 Å². The van der Waals surface area contributed by atoms with Crippen molar-refractivity contribution >= 4 is 74.0 Å². The third kappa shape index (κ3) is 4.43. The molecule has 0 heterocycles. The quantitative estimate of drug-likeness (QED) is 0.0768. The zero-order valence-electron chi connectivity index (χ0n) is 19.9. The fourth-order valence-corrected chi connectivity index (χ4v) is 11.9. The predicted octanol–water partition coefficient (Wildman–Crippen LogP) is 7.27. The van der Waals surface area contributed by atoms with Crippen molar-refractivity contribution in [2.75, 3.05) is 0 Å². The Morgan fingerprint density at radius 2 is 1.10 bits per heavy atom. The van der Waals surface area contributed by atoms with Gasteiger partial charge in [-0.15, -0.1) is 0 Å². The van der Waals surface area contributed by atoms with Crippen LogP contribution in [0, 0.1) is 27.4 Å². The molecule has 6 aromatic rings. The van der Waals surface area contributed by atoms with Crippen molar-refractivity contribution in [2.45, 2.75) is 4.90 Å². The van der Waals surface area contributed by atoms with Crippen LogP contribution in [-0.2, 0) is 12.6 Å². The molecule has 11 heteroatoms. The second kappa shape index (κ2) is 9.52. The van der Waals surface area contributed by atoms with Gasteiger partial charge >= 0.3 is 230 Å². The Labute approximate surface area is 229 Å². The Morgan fingerprint density at radius 3 is 1.67 bits per heavy atom. The van der Waals surface area contributed by atoms with Crippen LogP contribution >= 0.6 is 20.2 Å². The average Bonchev–Trinajstić information content (AvgIpc) is 2.94. The van der Waals surface area contributed by atoms with Crippen LogP contribution in [0.4, 0.5) is 11.4 Å². The van der Waals surface area contributed by atoms with E-state index in [1.165, 1.54) is 42.5 Å². The van der Waals surface area contributed by atoms with Gasteiger partial charge in [0.1, 0.15) is 0 Å². The maximum atomic E-state index is 13.9. The number of benzene rings is 6. The third-order valence-electron chi connectivity index (χ3n) is 6.34. The summed E-state index contributed by atoms with van der Waals surface area (Å²) in [5.41, 5.74) is -0.465. The minimum absolute atomic E-state index is 0.0357. The van der Waals surface area contributed by atoms with E-state index in [1.807, 2.05) is 36.4 Å². The Balaban J connectivity index is 1.53. The van der Waals surface area contributed by atoms with Gasteiger partial charge in [0.15, 0.2) is 0 Å². The summed E-state index contributed by atoms with van der Waals surface area (Å²) in [5, 5.41) is 28.0. The van der Waals surface area contributed by atoms with E-state index in [-0.39, 0.29) is 16.3 Å². The van der Waals surface area contributed by atoms with Gasteiger partial charge in [-0.05, 0) is 0 Å². The molecule has 0 bridgehead atoms. The molecule has 194 valence electrons. The van der Waals surface area contributed by atoms with Gasteiger partial charge in [0, 0.05) is 0 Å². The molecule has 6 rings (SSSR count). The molecule has 0 fully saturated rings. The molecule has 39 heavy (non-hydrogen) atoms. The topological polar surface area (TPSA) is 130 Å². The number of nitro benzene ring substituents is 2. The van der Waals surface area contributed by atoms with Crippen LogP contribution in [0.25, 0.3) is 32.3 Å². The summed E-state index contributed by atoms with van der Waals surface area (Å²) in [5.74, 6) is 0. The van der Waals surface area contributed by atoms with Crippen LogP contribution in [0.3, 0.4) is 0 Å². The first kappa shape index (κ1) is 25.1. The molecule has 0 radical (unpaired) electrons. The van der Waals surface area contributed by atoms with E-state index in [0.29, 0.717) is 12.5 Å². The van der Waals surface area contributed by atoms with Crippen LogP contribution < -0.4 is 0 Å². The molecule has 9 nitrogen and oxygen atoms in total. The zero-order valence-corrected chi connectivity index (χ0v) is 22.8. The SMILES string of the molecule is O=[N+]([O-])c1cccc(I(OS(=O)(=O)c2ccc3ccc4cccc5ccc2c3c45)c2cccc([N+](=O)[O-])c2)c1. The summed E-state index contributed by atoms with van der Waals surface area (Å²) < 4.78 is 34.4. The van der Waals surface area contributed by atoms with Crippen LogP contribution in [0.5, 0.6) is 0 Å². The minimum atomic E-state index is -4.42. The summed E-state index contributed by atoms with van der Waals surface area (Å²) in [6, 6.07) is 27.7. The number of nitro groups is 2. The molecule has 0 aromatic heterocycles. The van der Waals surface area contributed by atoms with Gasteiger partial charge in [-0.1, -0.05) is 0 Å². The zero-order chi connectivity index (χ0) is 27.3. The van der Waals surface area contributed by atoms with E-state index >= 15 is 0 Å². The fourth-order valence-electron chi connectivity index (χ4n) is 4.64. The van der Waals surface area contributed by atoms with E-state index in [2.05, 4.69) is 0 Å². The Morgan fingerprint density at radius 1 is 0.615 bits per heavy atom. The number of nitrogens with zero attached hydrogens (tertiary/aromatic N) is 2. The number of rotatable bonds is 7. The summed E-state index contributed by atoms with van der Waals surface area (Å²) in [4.78, 5) is 21.7. The van der Waals surface area contributed by atoms with Crippen LogP contribution in [-0.4, -0.2) is 18.3 Å². The molecule has 0 N–H and O–H groups in total. The monoisotopic (exact) mass is 652 g/mol. The fraction of sp³-hybridized carbons (Fsp3) is 0. The summed E-state index contributed by atoms with van der Waals surface area (Å²) >= 11 is -3.47. The van der Waals surface area contributed by atoms with E-state index in [0.717, 1.165) is 26.9 Å². The van der Waals surface area contributed by atoms with Crippen LogP contribution in [0.1, 0.15) is 0 Å². The Hall–Kier alpha value is -4.20. The molecule has 0 spiro atoms. The van der Waals surface area contributed by atoms with Gasteiger partial charge in [0.25, 0.3) is 0 Å². The molecule has 0 atom stereocenters. The van der Waals surface area contributed by atoms with Gasteiger partial charge in [0.2, 0.25) is 0 Å². The molecule has 0 aliphatic rings. The molecule has 0 aliphatic carbocycles. The van der Waals surface area contributed by atoms with Gasteiger partial charge in [-0.3, -0.25) is 0 Å². The number of halogens is 1. The number of hydrogen-bond acceptors (Lipinski definition) is 7. The second-order valence-corrected chi connectivity index (χ2v) is 15.1. The molecule has 0 unspecified atom stereocenters. The number of non-ortho nitro benzene ring substituents is 2. The third-order valence-corrected chi connectivity index (χ3v) is 13.6. The van der Waals surface area contributed by atoms with Crippen molar-refractivity contribution in [3.8, 4) is 0 Å². The molecule has 0 saturated heterocycles. The second-order valence-electron chi connectivity index (χ2n) is 8.66. The molecule has 0 aliphatic heterocycles. The summed E-state index contributed by atoms with van der Waals surface area (Å²) in [6.45, 7) is 0. The summed E-state index contributed by atoms with van der Waals surface area (Å²) in [7, 11) is -4.42. The summed E-state index contributed by atoms with van der Waals surface area (Å²) in [6.07, 6.45) is 0. The molecular formula is C28H17IN2O7S. The van der Waals surface area contributed by atoms with Crippen LogP contribution in [0.15, 0.2) is 108 Å². The van der Waals surface area contributed by atoms with Crippen molar-refractivity contribution < 1.29 is 20.8 Å². The average molecular weight is 652 g/mol.